The fraction of sp³-hybridized carbons (Fsp3) is 0.188. The molecule has 0 unspecified atom stereocenters. The van der Waals surface area contributed by atoms with Gasteiger partial charge in [0.15, 0.2) is 0 Å². The Labute approximate surface area is 138 Å². The van der Waals surface area contributed by atoms with Gasteiger partial charge in [-0.25, -0.2) is 5.43 Å². The van der Waals surface area contributed by atoms with Crippen LogP contribution in [0.5, 0.6) is 5.75 Å². The van der Waals surface area contributed by atoms with Crippen LogP contribution in [0, 0.1) is 0 Å². The van der Waals surface area contributed by atoms with Crippen molar-refractivity contribution in [2.75, 3.05) is 13.7 Å². The molecule has 120 valence electrons. The monoisotopic (exact) mass is 331 g/mol. The highest BCUT2D eigenvalue weighted by Crippen LogP contribution is 2.11. The second kappa shape index (κ2) is 8.70. The van der Waals surface area contributed by atoms with Crippen LogP contribution < -0.4 is 15.5 Å². The average molecular weight is 331 g/mol. The molecule has 1 aromatic heterocycles. The maximum atomic E-state index is 11.8. The summed E-state index contributed by atoms with van der Waals surface area (Å²) in [5, 5.41) is 8.28. The summed E-state index contributed by atoms with van der Waals surface area (Å²) in [4.78, 5) is 24.3. The molecule has 0 atom stereocenters. The third-order valence-corrected chi connectivity index (χ3v) is 3.70. The number of carbonyl (C=O) groups excluding carboxylic acids is 2. The Balaban J connectivity index is 1.69. The van der Waals surface area contributed by atoms with Crippen molar-refractivity contribution in [3.63, 3.8) is 0 Å². The van der Waals surface area contributed by atoms with E-state index in [1.54, 1.807) is 25.5 Å². The number of benzene rings is 1. The first kappa shape index (κ1) is 16.7. The van der Waals surface area contributed by atoms with E-state index in [0.29, 0.717) is 0 Å². The number of carbonyl (C=O) groups is 2. The third-order valence-electron chi connectivity index (χ3n) is 2.89. The fourth-order valence-corrected chi connectivity index (χ4v) is 2.33. The smallest absolute Gasteiger partial charge is 0.259 e. The molecule has 2 aromatic rings. The van der Waals surface area contributed by atoms with E-state index in [1.165, 1.54) is 11.3 Å². The second-order valence-electron chi connectivity index (χ2n) is 4.61. The van der Waals surface area contributed by atoms with Gasteiger partial charge in [0.2, 0.25) is 5.91 Å². The lowest BCUT2D eigenvalue weighted by atomic mass is 10.1. The minimum Gasteiger partial charge on any atom is -0.497 e. The van der Waals surface area contributed by atoms with Gasteiger partial charge in [-0.15, -0.1) is 11.3 Å². The van der Waals surface area contributed by atoms with Crippen molar-refractivity contribution in [1.82, 2.24) is 10.7 Å². The van der Waals surface area contributed by atoms with Gasteiger partial charge in [0.1, 0.15) is 5.75 Å². The zero-order valence-corrected chi connectivity index (χ0v) is 13.4. The van der Waals surface area contributed by atoms with Crippen molar-refractivity contribution in [2.45, 2.75) is 6.42 Å². The number of nitrogens with one attached hydrogen (secondary N) is 2. The number of amides is 2. The first-order valence-electron chi connectivity index (χ1n) is 6.92. The van der Waals surface area contributed by atoms with E-state index >= 15 is 0 Å². The Hall–Kier alpha value is -2.67. The molecule has 0 aliphatic heterocycles. The van der Waals surface area contributed by atoms with E-state index in [1.807, 2.05) is 29.6 Å². The highest BCUT2D eigenvalue weighted by Gasteiger charge is 2.06. The Kier molecular flexibility index (Phi) is 6.31. The molecule has 23 heavy (non-hydrogen) atoms. The molecule has 0 saturated carbocycles. The quantitative estimate of drug-likeness (QED) is 0.597. The fourth-order valence-electron chi connectivity index (χ4n) is 1.74. The minimum atomic E-state index is -0.374. The Bertz CT molecular complexity index is 666. The van der Waals surface area contributed by atoms with Crippen LogP contribution in [0.2, 0.25) is 0 Å². The second-order valence-corrected chi connectivity index (χ2v) is 5.59. The van der Waals surface area contributed by atoms with Gasteiger partial charge in [-0.05, 0) is 29.1 Å². The summed E-state index contributed by atoms with van der Waals surface area (Å²) in [5.74, 6) is 0.130. The van der Waals surface area contributed by atoms with Crippen LogP contribution in [-0.2, 0) is 16.0 Å². The van der Waals surface area contributed by atoms with E-state index in [2.05, 4.69) is 15.8 Å². The van der Waals surface area contributed by atoms with E-state index in [4.69, 9.17) is 4.74 Å². The zero-order chi connectivity index (χ0) is 16.5. The van der Waals surface area contributed by atoms with Crippen LogP contribution in [0.25, 0.3) is 0 Å². The summed E-state index contributed by atoms with van der Waals surface area (Å²) in [6.45, 7) is -0.114. The van der Waals surface area contributed by atoms with Gasteiger partial charge in [-0.1, -0.05) is 18.2 Å². The Morgan fingerprint density at radius 2 is 2.00 bits per heavy atom. The van der Waals surface area contributed by atoms with Crippen LogP contribution in [0.15, 0.2) is 46.9 Å². The Morgan fingerprint density at radius 1 is 1.22 bits per heavy atom. The number of rotatable bonds is 7. The van der Waals surface area contributed by atoms with Gasteiger partial charge in [0.25, 0.3) is 5.91 Å². The highest BCUT2D eigenvalue weighted by atomic mass is 32.1. The van der Waals surface area contributed by atoms with Gasteiger partial charge in [0.05, 0.1) is 26.3 Å². The molecule has 2 rings (SSSR count). The highest BCUT2D eigenvalue weighted by molar-refractivity contribution is 7.11. The van der Waals surface area contributed by atoms with E-state index in [0.717, 1.165) is 16.2 Å². The molecule has 0 fully saturated rings. The Morgan fingerprint density at radius 3 is 2.65 bits per heavy atom. The van der Waals surface area contributed by atoms with Crippen LogP contribution in [0.1, 0.15) is 10.4 Å². The van der Waals surface area contributed by atoms with Crippen LogP contribution in [0.4, 0.5) is 0 Å². The minimum absolute atomic E-state index is 0.114. The molecule has 1 heterocycles. The molecular weight excluding hydrogens is 314 g/mol. The summed E-state index contributed by atoms with van der Waals surface area (Å²) >= 11 is 1.52. The molecule has 0 saturated heterocycles. The largest absolute Gasteiger partial charge is 0.497 e. The normalized spacial score (nSPS) is 10.5. The number of hydrogen-bond donors (Lipinski definition) is 2. The summed E-state index contributed by atoms with van der Waals surface area (Å²) in [6.07, 6.45) is 1.76. The summed E-state index contributed by atoms with van der Waals surface area (Å²) in [6, 6.07) is 11.0. The lowest BCUT2D eigenvalue weighted by Crippen LogP contribution is -2.35. The number of hydrogen-bond acceptors (Lipinski definition) is 5. The van der Waals surface area contributed by atoms with Crippen LogP contribution >= 0.6 is 11.3 Å². The molecule has 0 radical (unpaired) electrons. The molecule has 0 spiro atoms. The number of hydrazone groups is 1. The number of methoxy groups -OCH3 is 1. The molecule has 0 aliphatic rings. The van der Waals surface area contributed by atoms with E-state index in [-0.39, 0.29) is 24.8 Å². The lowest BCUT2D eigenvalue weighted by molar-refractivity contribution is -0.125. The molecule has 2 N–H and O–H groups in total. The maximum absolute atomic E-state index is 11.8. The number of ether oxygens (including phenoxy) is 1. The van der Waals surface area contributed by atoms with Gasteiger partial charge < -0.3 is 10.1 Å². The van der Waals surface area contributed by atoms with Crippen molar-refractivity contribution in [1.29, 1.82) is 0 Å². The van der Waals surface area contributed by atoms with Crippen molar-refractivity contribution in [2.24, 2.45) is 5.10 Å². The number of nitrogens with zero attached hydrogens (tertiary/aromatic N) is 1. The van der Waals surface area contributed by atoms with Crippen LogP contribution in [-0.4, -0.2) is 31.7 Å². The van der Waals surface area contributed by atoms with Crippen molar-refractivity contribution < 1.29 is 14.3 Å². The SMILES string of the molecule is COc1ccc(CC(=O)NCC(=O)N/N=C/c2cccs2)cc1. The van der Waals surface area contributed by atoms with Gasteiger partial charge in [-0.3, -0.25) is 9.59 Å². The van der Waals surface area contributed by atoms with Gasteiger partial charge in [0, 0.05) is 4.88 Å². The van der Waals surface area contributed by atoms with Gasteiger partial charge >= 0.3 is 0 Å². The van der Waals surface area contributed by atoms with E-state index < -0.39 is 0 Å². The predicted octanol–water partition coefficient (Wildman–Crippen LogP) is 1.57. The van der Waals surface area contributed by atoms with Crippen molar-refractivity contribution in [3.8, 4) is 5.75 Å². The summed E-state index contributed by atoms with van der Waals surface area (Å²) < 4.78 is 5.05. The molecule has 6 nitrogen and oxygen atoms in total. The third kappa shape index (κ3) is 5.91. The molecule has 0 bridgehead atoms. The van der Waals surface area contributed by atoms with Gasteiger partial charge in [-0.2, -0.15) is 5.10 Å². The van der Waals surface area contributed by atoms with Crippen molar-refractivity contribution in [3.05, 3.63) is 52.2 Å². The van der Waals surface area contributed by atoms with Crippen molar-refractivity contribution >= 4 is 29.4 Å². The average Bonchev–Trinajstić information content (AvgIpc) is 3.07. The number of thiophene rings is 1. The lowest BCUT2D eigenvalue weighted by Gasteiger charge is -2.05. The molecular formula is C16H17N3O3S. The zero-order valence-electron chi connectivity index (χ0n) is 12.6. The topological polar surface area (TPSA) is 79.8 Å². The summed E-state index contributed by atoms with van der Waals surface area (Å²) in [7, 11) is 1.58. The first-order valence-corrected chi connectivity index (χ1v) is 7.80. The maximum Gasteiger partial charge on any atom is 0.259 e. The molecule has 0 aliphatic carbocycles. The van der Waals surface area contributed by atoms with Crippen LogP contribution in [0.3, 0.4) is 0 Å². The molecule has 7 heteroatoms. The first-order chi connectivity index (χ1) is 11.2. The predicted molar refractivity (Wildman–Crippen MR) is 89.8 cm³/mol. The van der Waals surface area contributed by atoms with E-state index in [9.17, 15) is 9.59 Å². The molecule has 1 aromatic carbocycles. The standard InChI is InChI=1S/C16H17N3O3S/c1-22-13-6-4-12(5-7-13)9-15(20)17-11-16(21)19-18-10-14-3-2-8-23-14/h2-8,10H,9,11H2,1H3,(H,17,20)(H,19,21)/b18-10+. The molecule has 2 amide bonds. The summed E-state index contributed by atoms with van der Waals surface area (Å²) in [5.41, 5.74) is 3.21.